The molecule has 2 unspecified atom stereocenters. The van der Waals surface area contributed by atoms with Crippen molar-refractivity contribution in [1.29, 1.82) is 0 Å². The average Bonchev–Trinajstić information content (AvgIpc) is 4.07. The highest BCUT2D eigenvalue weighted by Gasteiger charge is 2.74. The second-order valence-corrected chi connectivity index (χ2v) is 15.9. The van der Waals surface area contributed by atoms with Crippen LogP contribution in [0.3, 0.4) is 0 Å². The second-order valence-electron chi connectivity index (χ2n) is 15.1. The van der Waals surface area contributed by atoms with Gasteiger partial charge in [0.2, 0.25) is 17.6 Å². The van der Waals surface area contributed by atoms with Crippen molar-refractivity contribution in [2.45, 2.75) is 24.4 Å². The summed E-state index contributed by atoms with van der Waals surface area (Å²) in [7, 11) is 0. The summed E-state index contributed by atoms with van der Waals surface area (Å²) in [5.74, 6) is -1.66. The van der Waals surface area contributed by atoms with Crippen molar-refractivity contribution in [1.82, 2.24) is 19.4 Å². The maximum Gasteiger partial charge on any atom is 0.266 e. The van der Waals surface area contributed by atoms with E-state index >= 15 is 0 Å². The second kappa shape index (κ2) is 12.5. The fraction of sp³-hybridized carbons (Fsp3) is 0.156. The molecule has 0 aliphatic carbocycles. The van der Waals surface area contributed by atoms with Gasteiger partial charge >= 0.3 is 0 Å². The first-order chi connectivity index (χ1) is 28.2. The molecule has 2 amide bonds. The van der Waals surface area contributed by atoms with E-state index in [4.69, 9.17) is 28.2 Å². The number of ketones is 1. The normalized spacial score (nSPS) is 22.6. The van der Waals surface area contributed by atoms with Gasteiger partial charge in [-0.05, 0) is 67.9 Å². The number of carbonyl (C=O) groups is 3. The predicted molar refractivity (Wildman–Crippen MR) is 221 cm³/mol. The van der Waals surface area contributed by atoms with Gasteiger partial charge in [0.05, 0.1) is 55.4 Å². The number of aromatic nitrogens is 3. The molecule has 5 aliphatic heterocycles. The molecular weight excluding hydrogens is 775 g/mol. The summed E-state index contributed by atoms with van der Waals surface area (Å²) < 4.78 is 1.65. The maximum absolute atomic E-state index is 14.5. The summed E-state index contributed by atoms with van der Waals surface area (Å²) in [4.78, 5) is 70.8. The van der Waals surface area contributed by atoms with E-state index < -0.39 is 17.4 Å². The Hall–Kier alpha value is -6.40. The van der Waals surface area contributed by atoms with Crippen molar-refractivity contribution < 1.29 is 19.5 Å². The van der Waals surface area contributed by atoms with Crippen LogP contribution in [-0.4, -0.2) is 60.4 Å². The Morgan fingerprint density at radius 2 is 1.50 bits per heavy atom. The maximum atomic E-state index is 14.5. The molecule has 7 heterocycles. The number of carbonyl (C=O) groups excluding carboxylic acids is 3. The number of para-hydroxylation sites is 4. The Morgan fingerprint density at radius 3 is 2.34 bits per heavy atom. The molecule has 0 saturated carbocycles. The minimum atomic E-state index is -1.06. The standard InChI is InChI=1S/C29H20Cl2N4O3.C16H10N2O2/c30-17-9-5-12-21(24(17)31)34-26(37)22-20-13-6-14-33(20)29(23(22)27(34)38)16-8-2-4-11-19(16)35-25(36)15-7-1-3-10-18(15)32-28(29)35;19-15-10-6-2-4-8-12(10)17-14(15)13-9-5-1-3-7-11(9)18-16(13)20/h1-5,7-12,20,22-23H,6,13-14H2;1-8,18,20H/t20?,22-,23+,29?;/m0./s1. The highest BCUT2D eigenvalue weighted by molar-refractivity contribution is 6.56. The van der Waals surface area contributed by atoms with Crippen LogP contribution in [0, 0.1) is 11.8 Å². The van der Waals surface area contributed by atoms with Gasteiger partial charge in [0.25, 0.3) is 5.56 Å². The number of nitrogens with one attached hydrogen (secondary N) is 1. The van der Waals surface area contributed by atoms with E-state index in [9.17, 15) is 24.3 Å². The number of benzene rings is 5. The predicted octanol–water partition coefficient (Wildman–Crippen LogP) is 7.72. The van der Waals surface area contributed by atoms with Gasteiger partial charge in [-0.1, -0.05) is 89.9 Å². The first-order valence-electron chi connectivity index (χ1n) is 18.9. The lowest BCUT2D eigenvalue weighted by atomic mass is 9.75. The molecule has 11 nitrogen and oxygen atoms in total. The van der Waals surface area contributed by atoms with Crippen molar-refractivity contribution in [3.63, 3.8) is 0 Å². The minimum Gasteiger partial charge on any atom is -0.494 e. The number of anilines is 1. The highest BCUT2D eigenvalue weighted by atomic mass is 35.5. The van der Waals surface area contributed by atoms with Crippen molar-refractivity contribution in [3.8, 4) is 11.6 Å². The van der Waals surface area contributed by atoms with Crippen molar-refractivity contribution >= 4 is 79.7 Å². The lowest BCUT2D eigenvalue weighted by Crippen LogP contribution is -2.51. The Morgan fingerprint density at radius 1 is 0.776 bits per heavy atom. The number of amides is 2. The molecule has 58 heavy (non-hydrogen) atoms. The number of aromatic amines is 1. The van der Waals surface area contributed by atoms with E-state index in [2.05, 4.69) is 14.9 Å². The summed E-state index contributed by atoms with van der Waals surface area (Å²) in [6.45, 7) is 0.702. The molecule has 5 aromatic carbocycles. The van der Waals surface area contributed by atoms with Crippen molar-refractivity contribution in [3.05, 3.63) is 158 Å². The SMILES string of the molecule is O=C1C(c2c(O)[nH]c3ccccc23)=Nc2ccccc21.O=C1[C@H]2C3CCCN3C3(c4ccccc4-n4c3nc3ccccc3c4=O)[C@H]2C(=O)N1c1cccc(Cl)c1Cl. The first-order valence-corrected chi connectivity index (χ1v) is 19.7. The van der Waals surface area contributed by atoms with Crippen molar-refractivity contribution in [2.75, 3.05) is 11.4 Å². The third kappa shape index (κ3) is 4.49. The number of Topliss-reactive ketones (excluding diaryl/α,β-unsaturated/α-hetero) is 1. The lowest BCUT2D eigenvalue weighted by Gasteiger charge is -2.38. The number of rotatable bonds is 2. The summed E-state index contributed by atoms with van der Waals surface area (Å²) in [6, 6.07) is 34.4. The lowest BCUT2D eigenvalue weighted by molar-refractivity contribution is -0.124. The van der Waals surface area contributed by atoms with E-state index in [1.807, 2.05) is 78.9 Å². The van der Waals surface area contributed by atoms with Gasteiger partial charge in [-0.2, -0.15) is 0 Å². The Labute approximate surface area is 339 Å². The van der Waals surface area contributed by atoms with Gasteiger partial charge < -0.3 is 10.1 Å². The third-order valence-electron chi connectivity index (χ3n) is 12.3. The molecule has 0 bridgehead atoms. The van der Waals surface area contributed by atoms with Crippen LogP contribution in [0.2, 0.25) is 10.0 Å². The number of aromatic hydroxyl groups is 1. The molecule has 3 saturated heterocycles. The molecule has 12 rings (SSSR count). The Balaban J connectivity index is 0.000000162. The molecule has 1 spiro atoms. The monoisotopic (exact) mass is 804 g/mol. The van der Waals surface area contributed by atoms with Gasteiger partial charge in [0.1, 0.15) is 17.1 Å². The van der Waals surface area contributed by atoms with Crippen LogP contribution in [-0.2, 0) is 15.1 Å². The quantitative estimate of drug-likeness (QED) is 0.171. The largest absolute Gasteiger partial charge is 0.494 e. The summed E-state index contributed by atoms with van der Waals surface area (Å²) >= 11 is 12.8. The van der Waals surface area contributed by atoms with Gasteiger partial charge in [0.15, 0.2) is 5.88 Å². The molecular formula is C45H30Cl2N6O5. The van der Waals surface area contributed by atoms with Crippen LogP contribution < -0.4 is 10.5 Å². The number of halogens is 2. The van der Waals surface area contributed by atoms with Crippen LogP contribution >= 0.6 is 23.2 Å². The molecule has 5 aliphatic rings. The first kappa shape index (κ1) is 34.8. The highest BCUT2D eigenvalue weighted by Crippen LogP contribution is 2.62. The molecule has 13 heteroatoms. The smallest absolute Gasteiger partial charge is 0.266 e. The van der Waals surface area contributed by atoms with Crippen LogP contribution in [0.1, 0.15) is 40.2 Å². The zero-order valence-electron chi connectivity index (χ0n) is 30.4. The number of H-pyrrole nitrogens is 1. The molecule has 284 valence electrons. The number of hydrogen-bond donors (Lipinski definition) is 2. The van der Waals surface area contributed by atoms with Gasteiger partial charge in [-0.25, -0.2) is 14.9 Å². The minimum absolute atomic E-state index is 0.0221. The summed E-state index contributed by atoms with van der Waals surface area (Å²) in [5.41, 5.74) is 3.94. The molecule has 2 N–H and O–H groups in total. The van der Waals surface area contributed by atoms with Gasteiger partial charge in [-0.3, -0.25) is 28.6 Å². The van der Waals surface area contributed by atoms with E-state index in [0.717, 1.165) is 29.3 Å². The van der Waals surface area contributed by atoms with E-state index in [0.29, 0.717) is 57.2 Å². The zero-order valence-corrected chi connectivity index (χ0v) is 31.9. The number of fused-ring (bicyclic) bond motifs is 13. The fourth-order valence-corrected chi connectivity index (χ4v) is 10.5. The van der Waals surface area contributed by atoms with Gasteiger partial charge in [-0.15, -0.1) is 0 Å². The molecule has 7 aromatic rings. The Kier molecular flexibility index (Phi) is 7.53. The Bertz CT molecular complexity index is 3080. The number of imide groups is 1. The fourth-order valence-electron chi connectivity index (χ4n) is 10.1. The molecule has 3 fully saturated rings. The molecule has 4 atom stereocenters. The zero-order chi connectivity index (χ0) is 39.6. The van der Waals surface area contributed by atoms with Crippen LogP contribution in [0.4, 0.5) is 11.4 Å². The van der Waals surface area contributed by atoms with Crippen molar-refractivity contribution in [2.24, 2.45) is 16.8 Å². The number of hydrogen-bond acceptors (Lipinski definition) is 8. The van der Waals surface area contributed by atoms with Crippen LogP contribution in [0.15, 0.2) is 125 Å². The van der Waals surface area contributed by atoms with E-state index in [1.165, 1.54) is 4.90 Å². The van der Waals surface area contributed by atoms with Gasteiger partial charge in [0, 0.05) is 28.1 Å². The van der Waals surface area contributed by atoms with Crippen LogP contribution in [0.25, 0.3) is 27.5 Å². The summed E-state index contributed by atoms with van der Waals surface area (Å²) in [5, 5.41) is 11.9. The van der Waals surface area contributed by atoms with Crippen LogP contribution in [0.5, 0.6) is 5.88 Å². The average molecular weight is 806 g/mol. The number of nitrogens with zero attached hydrogens (tertiary/aromatic N) is 5. The topological polar surface area (TPSA) is 141 Å². The summed E-state index contributed by atoms with van der Waals surface area (Å²) in [6.07, 6.45) is 1.66. The third-order valence-corrected chi connectivity index (χ3v) is 13.1. The van der Waals surface area contributed by atoms with E-state index in [-0.39, 0.29) is 45.1 Å². The number of aliphatic imine (C=N–C) groups is 1. The molecule has 0 radical (unpaired) electrons. The molecule has 2 aromatic heterocycles. The van der Waals surface area contributed by atoms with E-state index in [1.54, 1.807) is 41.0 Å².